The van der Waals surface area contributed by atoms with Gasteiger partial charge in [-0.25, -0.2) is 6.14 Å². The van der Waals surface area contributed by atoms with Crippen molar-refractivity contribution in [1.82, 2.24) is 5.32 Å². The smallest absolute Gasteiger partial charge is 0.293 e. The minimum absolute atomic E-state index is 0.265. The highest BCUT2D eigenvalue weighted by molar-refractivity contribution is 14.2. The molecule has 1 aromatic rings. The molecule has 0 aliphatic rings. The van der Waals surface area contributed by atoms with Gasteiger partial charge in [-0.15, -0.1) is 0 Å². The van der Waals surface area contributed by atoms with Crippen LogP contribution in [0.3, 0.4) is 0 Å². The van der Waals surface area contributed by atoms with Gasteiger partial charge in [0.25, 0.3) is 5.91 Å². The van der Waals surface area contributed by atoms with Crippen LogP contribution in [-0.2, 0) is 30.2 Å². The molecule has 1 rings (SSSR count). The second kappa shape index (κ2) is 50.2. The van der Waals surface area contributed by atoms with Crippen molar-refractivity contribution in [2.75, 3.05) is 0 Å². The van der Waals surface area contributed by atoms with Gasteiger partial charge in [0.15, 0.2) is 0 Å². The Morgan fingerprint density at radius 3 is 0.826 bits per heavy atom. The maximum atomic E-state index is 13.9. The predicted molar refractivity (Wildman–Crippen MR) is 308 cm³/mol. The van der Waals surface area contributed by atoms with Gasteiger partial charge in [0.1, 0.15) is 0 Å². The number of halogens is 1. The van der Waals surface area contributed by atoms with Gasteiger partial charge in [-0.2, -0.15) is 0 Å². The average molecular weight is 1080 g/mol. The summed E-state index contributed by atoms with van der Waals surface area (Å²) >= 11 is -4.08. The number of aryl methyl sites for hydroxylation is 2. The van der Waals surface area contributed by atoms with Gasteiger partial charge in [-0.05, 0) is 55.2 Å². The molecule has 0 bridgehead atoms. The van der Waals surface area contributed by atoms with E-state index in [1.165, 1.54) is 277 Å². The lowest BCUT2D eigenvalue weighted by Crippen LogP contribution is -2.30. The third kappa shape index (κ3) is 38.9. The van der Waals surface area contributed by atoms with E-state index in [9.17, 15) is 15.7 Å². The highest BCUT2D eigenvalue weighted by atomic mass is 127. The van der Waals surface area contributed by atoms with Crippen LogP contribution in [0.25, 0.3) is 0 Å². The molecule has 5 nitrogen and oxygen atoms in total. The highest BCUT2D eigenvalue weighted by Gasteiger charge is 2.26. The summed E-state index contributed by atoms with van der Waals surface area (Å²) in [6.45, 7) is 8.21. The zero-order valence-electron chi connectivity index (χ0n) is 46.7. The molecule has 404 valence electrons. The van der Waals surface area contributed by atoms with Crippen LogP contribution >= 0.6 is 19.8 Å². The molecular weight excluding hydrogens is 962 g/mol. The summed E-state index contributed by atoms with van der Waals surface area (Å²) in [5.74, 6) is -0.945. The summed E-state index contributed by atoms with van der Waals surface area (Å²) < 4.78 is 26.8. The fourth-order valence-corrected chi connectivity index (χ4v) is 12.7. The molecule has 2 amide bonds. The van der Waals surface area contributed by atoms with Crippen LogP contribution in [0.15, 0.2) is 6.07 Å². The first-order chi connectivity index (χ1) is 33.9. The summed E-state index contributed by atoms with van der Waals surface area (Å²) in [4.78, 5) is 26.2. The van der Waals surface area contributed by atoms with E-state index in [1.54, 1.807) is 0 Å². The van der Waals surface area contributed by atoms with Crippen molar-refractivity contribution in [2.45, 2.75) is 355 Å². The van der Waals surface area contributed by atoms with Crippen molar-refractivity contribution >= 4 is 31.6 Å². The number of benzene rings is 1. The van der Waals surface area contributed by atoms with Crippen molar-refractivity contribution < 1.29 is 15.7 Å². The van der Waals surface area contributed by atoms with Crippen LogP contribution in [0.5, 0.6) is 0 Å². The van der Waals surface area contributed by atoms with E-state index in [1.807, 2.05) is 0 Å². The lowest BCUT2D eigenvalue weighted by Gasteiger charge is -2.20. The van der Waals surface area contributed by atoms with E-state index in [2.05, 4.69) is 32.2 Å². The predicted octanol–water partition coefficient (Wildman–Crippen LogP) is 21.7. The summed E-state index contributed by atoms with van der Waals surface area (Å²) in [5, 5.41) is 2.52. The van der Waals surface area contributed by atoms with Gasteiger partial charge in [0.2, 0.25) is 5.91 Å². The van der Waals surface area contributed by atoms with Crippen molar-refractivity contribution in [2.24, 2.45) is 0 Å². The van der Waals surface area contributed by atoms with Gasteiger partial charge < -0.3 is 0 Å². The van der Waals surface area contributed by atoms with Gasteiger partial charge in [0.05, 0.1) is 9.13 Å². The highest BCUT2D eigenvalue weighted by Crippen LogP contribution is 2.34. The normalized spacial score (nSPS) is 11.6. The van der Waals surface area contributed by atoms with Crippen LogP contribution in [0.1, 0.15) is 363 Å². The number of unbranched alkanes of at least 4 members (excludes halogenated alkanes) is 45. The lowest BCUT2D eigenvalue weighted by molar-refractivity contribution is -0.118. The molecule has 0 saturated carbocycles. The van der Waals surface area contributed by atoms with Crippen LogP contribution in [0.4, 0.5) is 0 Å². The number of hydrogen-bond acceptors (Lipinski definition) is 4. The number of carbonyl (C=O) groups is 2. The van der Waals surface area contributed by atoms with Crippen molar-refractivity contribution in [3.63, 3.8) is 0 Å². The Balaban J connectivity index is 2.80. The number of imide groups is 1. The molecule has 0 aliphatic heterocycles. The fourth-order valence-electron chi connectivity index (χ4n) is 10.7. The average Bonchev–Trinajstić information content (AvgIpc) is 3.33. The Hall–Kier alpha value is -1.31. The SMILES string of the molecule is CCCCCCCCCCCCCCCCCCc1cc(CCCCCCCCCCCCCCCCCC)c(I(=O)=O)c(C(=O)NC(C)=O)c1CCCCCCCCCCCCCCCCCC. The maximum absolute atomic E-state index is 13.9. The Kier molecular flexibility index (Phi) is 47.8. The minimum atomic E-state index is -4.08. The first kappa shape index (κ1) is 65.7. The van der Waals surface area contributed by atoms with E-state index in [0.29, 0.717) is 18.4 Å². The van der Waals surface area contributed by atoms with Crippen molar-refractivity contribution in [3.05, 3.63) is 31.9 Å². The summed E-state index contributed by atoms with van der Waals surface area (Å²) in [5.41, 5.74) is 3.19. The van der Waals surface area contributed by atoms with E-state index < -0.39 is 31.6 Å². The molecule has 0 fully saturated rings. The zero-order chi connectivity index (χ0) is 50.1. The van der Waals surface area contributed by atoms with Crippen LogP contribution in [0.2, 0.25) is 0 Å². The quantitative estimate of drug-likeness (QED) is 0.0521. The van der Waals surface area contributed by atoms with E-state index in [4.69, 9.17) is 0 Å². The summed E-state index contributed by atoms with van der Waals surface area (Å²) in [7, 11) is 0. The standard InChI is InChI=1S/C63H116INO4/c1-5-8-11-14-17-20-23-26-29-32-35-38-41-44-47-50-53-58-56-59(54-51-48-45-42-39-36-33-30-27-24-21-18-15-12-9-6-2)62(64(68)69)61(63(67)65-57(4)66)60(58)55-52-49-46-43-40-37-34-31-28-25-22-19-16-13-10-7-3/h56H,5-55H2,1-4H3,(H,65,66,67). The van der Waals surface area contributed by atoms with Crippen LogP contribution in [-0.4, -0.2) is 11.8 Å². The molecule has 0 heterocycles. The van der Waals surface area contributed by atoms with Gasteiger partial charge >= 0.3 is 19.8 Å². The van der Waals surface area contributed by atoms with Gasteiger partial charge in [-0.3, -0.25) is 14.9 Å². The monoisotopic (exact) mass is 1080 g/mol. The number of rotatable bonds is 53. The van der Waals surface area contributed by atoms with E-state index in [0.717, 1.165) is 61.6 Å². The topological polar surface area (TPSA) is 80.3 Å². The molecule has 0 aromatic heterocycles. The molecular formula is C63H116INO4. The molecule has 0 atom stereocenters. The Morgan fingerprint density at radius 2 is 0.580 bits per heavy atom. The first-order valence-corrected chi connectivity index (χ1v) is 33.8. The number of carbonyl (C=O) groups excluding carboxylic acids is 2. The number of hydrogen-bond donors (Lipinski definition) is 1. The van der Waals surface area contributed by atoms with Crippen LogP contribution < -0.4 is 5.32 Å². The second-order valence-corrected chi connectivity index (χ2v) is 24.1. The van der Waals surface area contributed by atoms with Crippen LogP contribution in [0, 0.1) is 3.57 Å². The third-order valence-electron chi connectivity index (χ3n) is 15.1. The molecule has 6 heteroatoms. The third-order valence-corrected chi connectivity index (χ3v) is 17.2. The Bertz CT molecular complexity index is 1400. The molecule has 69 heavy (non-hydrogen) atoms. The number of nitrogens with one attached hydrogen (secondary N) is 1. The summed E-state index contributed by atoms with van der Waals surface area (Å²) in [6, 6.07) is 2.19. The Labute approximate surface area is 437 Å². The molecule has 0 saturated heterocycles. The first-order valence-electron chi connectivity index (χ1n) is 30.9. The van der Waals surface area contributed by atoms with E-state index in [-0.39, 0.29) is 3.57 Å². The lowest BCUT2D eigenvalue weighted by atomic mass is 9.88. The molecule has 0 unspecified atom stereocenters. The number of amides is 2. The minimum Gasteiger partial charge on any atom is -0.293 e. The molecule has 1 N–H and O–H groups in total. The largest absolute Gasteiger partial charge is 0.341 e. The second-order valence-electron chi connectivity index (χ2n) is 21.7. The van der Waals surface area contributed by atoms with Gasteiger partial charge in [0, 0.05) is 6.92 Å². The zero-order valence-corrected chi connectivity index (χ0v) is 48.8. The Morgan fingerprint density at radius 1 is 0.348 bits per heavy atom. The van der Waals surface area contributed by atoms with Crippen molar-refractivity contribution in [1.29, 1.82) is 0 Å². The van der Waals surface area contributed by atoms with E-state index >= 15 is 0 Å². The fraction of sp³-hybridized carbons (Fsp3) is 0.873. The molecule has 1 aromatic carbocycles. The molecule has 0 spiro atoms. The summed E-state index contributed by atoms with van der Waals surface area (Å²) in [6.07, 6.45) is 65.2. The molecule has 0 aliphatic carbocycles. The van der Waals surface area contributed by atoms with Gasteiger partial charge in [-0.1, -0.05) is 316 Å². The molecule has 0 radical (unpaired) electrons. The van der Waals surface area contributed by atoms with Crippen molar-refractivity contribution in [3.8, 4) is 0 Å². The maximum Gasteiger partial charge on any atom is 0.341 e.